The normalized spacial score (nSPS) is 11.7. The van der Waals surface area contributed by atoms with Crippen LogP contribution in [0.15, 0.2) is 76.2 Å². The molecule has 0 aliphatic carbocycles. The molecule has 148 valence electrons. The van der Waals surface area contributed by atoms with E-state index in [1.165, 1.54) is 11.8 Å². The second kappa shape index (κ2) is 7.89. The summed E-state index contributed by atoms with van der Waals surface area (Å²) >= 11 is 5.26. The van der Waals surface area contributed by atoms with Gasteiger partial charge in [0.05, 0.1) is 31.8 Å². The predicted octanol–water partition coefficient (Wildman–Crippen LogP) is 6.00. The Kier molecular flexibility index (Phi) is 5.46. The highest BCUT2D eigenvalue weighted by Crippen LogP contribution is 2.39. The van der Waals surface area contributed by atoms with E-state index in [9.17, 15) is 8.42 Å². The zero-order chi connectivity index (χ0) is 20.6. The highest BCUT2D eigenvalue weighted by molar-refractivity contribution is 9.10. The van der Waals surface area contributed by atoms with Crippen LogP contribution >= 0.6 is 27.3 Å². The van der Waals surface area contributed by atoms with Crippen LogP contribution < -0.4 is 0 Å². The van der Waals surface area contributed by atoms with Gasteiger partial charge < -0.3 is 0 Å². The number of hydrogen-bond donors (Lipinski definition) is 0. The molecule has 0 amide bonds. The molecule has 2 heterocycles. The van der Waals surface area contributed by atoms with E-state index in [4.69, 9.17) is 0 Å². The molecule has 0 spiro atoms. The van der Waals surface area contributed by atoms with E-state index < -0.39 is 9.84 Å². The number of aromatic nitrogens is 2. The minimum absolute atomic E-state index is 0.327. The Morgan fingerprint density at radius 3 is 2.55 bits per heavy atom. The molecule has 0 N–H and O–H groups in total. The van der Waals surface area contributed by atoms with E-state index in [1.54, 1.807) is 29.5 Å². The molecule has 0 aliphatic rings. The number of para-hydroxylation sites is 1. The van der Waals surface area contributed by atoms with Crippen molar-refractivity contribution in [3.05, 3.63) is 76.9 Å². The van der Waals surface area contributed by atoms with Crippen LogP contribution in [0.5, 0.6) is 0 Å². The number of sulfone groups is 1. The van der Waals surface area contributed by atoms with Gasteiger partial charge in [-0.2, -0.15) is 5.10 Å². The van der Waals surface area contributed by atoms with Crippen molar-refractivity contribution in [2.75, 3.05) is 6.26 Å². The number of thiophene rings is 1. The fourth-order valence-corrected chi connectivity index (χ4v) is 5.57. The maximum absolute atomic E-state index is 11.9. The Morgan fingerprint density at radius 2 is 1.79 bits per heavy atom. The lowest BCUT2D eigenvalue weighted by molar-refractivity contribution is 0.602. The van der Waals surface area contributed by atoms with E-state index in [0.717, 1.165) is 37.6 Å². The number of aryl methyl sites for hydroxylation is 1. The summed E-state index contributed by atoms with van der Waals surface area (Å²) in [5.41, 5.74) is 4.16. The van der Waals surface area contributed by atoms with Crippen LogP contribution in [0.3, 0.4) is 0 Å². The monoisotopic (exact) mass is 486 g/mol. The maximum Gasteiger partial charge on any atom is 0.175 e. The first kappa shape index (κ1) is 20.1. The molecule has 0 atom stereocenters. The summed E-state index contributed by atoms with van der Waals surface area (Å²) in [6.45, 7) is 2.13. The molecule has 0 fully saturated rings. The second-order valence-corrected chi connectivity index (χ2v) is 10.7. The summed E-state index contributed by atoms with van der Waals surface area (Å²) in [6, 6.07) is 19.4. The molecule has 0 unspecified atom stereocenters. The second-order valence-electron chi connectivity index (χ2n) is 6.70. The van der Waals surface area contributed by atoms with Crippen LogP contribution in [-0.4, -0.2) is 24.5 Å². The van der Waals surface area contributed by atoms with Crippen molar-refractivity contribution in [1.82, 2.24) is 9.78 Å². The van der Waals surface area contributed by atoms with Crippen molar-refractivity contribution in [2.45, 2.75) is 18.2 Å². The third-order valence-electron chi connectivity index (χ3n) is 4.71. The lowest BCUT2D eigenvalue weighted by atomic mass is 10.1. The molecular formula is C22H19BrN2O2S2. The van der Waals surface area contributed by atoms with E-state index in [-0.39, 0.29) is 0 Å². The predicted molar refractivity (Wildman–Crippen MR) is 123 cm³/mol. The van der Waals surface area contributed by atoms with E-state index >= 15 is 0 Å². The van der Waals surface area contributed by atoms with Gasteiger partial charge in [-0.25, -0.2) is 13.1 Å². The Morgan fingerprint density at radius 1 is 1.03 bits per heavy atom. The molecule has 4 nitrogen and oxygen atoms in total. The molecule has 2 aromatic carbocycles. The Hall–Kier alpha value is -2.22. The quantitative estimate of drug-likeness (QED) is 0.347. The average Bonchev–Trinajstić information content (AvgIpc) is 3.34. The minimum Gasteiger partial charge on any atom is -0.231 e. The highest BCUT2D eigenvalue weighted by atomic mass is 79.9. The maximum atomic E-state index is 11.9. The molecule has 0 aliphatic heterocycles. The fourth-order valence-electron chi connectivity index (χ4n) is 3.25. The molecule has 0 saturated heterocycles. The first-order valence-electron chi connectivity index (χ1n) is 9.11. The molecule has 0 radical (unpaired) electrons. The average molecular weight is 487 g/mol. The van der Waals surface area contributed by atoms with Gasteiger partial charge in [-0.1, -0.05) is 37.3 Å². The molecule has 0 bridgehead atoms. The summed E-state index contributed by atoms with van der Waals surface area (Å²) < 4.78 is 26.7. The Labute approximate surface area is 182 Å². The molecule has 0 saturated carbocycles. The SMILES string of the molecule is CCc1ccccc1-n1ncc(Br)c1-c1ccc(-c2cccc(S(C)(=O)=O)c2)s1. The van der Waals surface area contributed by atoms with Gasteiger partial charge in [0.2, 0.25) is 0 Å². The molecule has 29 heavy (non-hydrogen) atoms. The smallest absolute Gasteiger partial charge is 0.175 e. The first-order valence-corrected chi connectivity index (χ1v) is 12.6. The Bertz CT molecular complexity index is 1290. The number of nitrogens with zero attached hydrogens (tertiary/aromatic N) is 2. The standard InChI is InChI=1S/C22H19BrN2O2S2/c1-3-15-7-4-5-10-19(15)25-22(18(23)14-24-25)21-12-11-20(28-21)16-8-6-9-17(13-16)29(2,26)27/h4-14H,3H2,1-2H3. The summed E-state index contributed by atoms with van der Waals surface area (Å²) in [6.07, 6.45) is 3.96. The molecule has 4 aromatic rings. The summed E-state index contributed by atoms with van der Waals surface area (Å²) in [5, 5.41) is 4.60. The van der Waals surface area contributed by atoms with Gasteiger partial charge in [0.25, 0.3) is 0 Å². The topological polar surface area (TPSA) is 52.0 Å². The molecule has 2 aromatic heterocycles. The first-order chi connectivity index (χ1) is 13.9. The van der Waals surface area contributed by atoms with Crippen LogP contribution in [0.25, 0.3) is 26.7 Å². The van der Waals surface area contributed by atoms with Crippen LogP contribution in [0.1, 0.15) is 12.5 Å². The van der Waals surface area contributed by atoms with E-state index in [0.29, 0.717) is 4.90 Å². The van der Waals surface area contributed by atoms with Gasteiger partial charge >= 0.3 is 0 Å². The summed E-state index contributed by atoms with van der Waals surface area (Å²) in [5.74, 6) is 0. The van der Waals surface area contributed by atoms with Gasteiger partial charge in [0, 0.05) is 11.1 Å². The van der Waals surface area contributed by atoms with Gasteiger partial charge in [-0.05, 0) is 63.8 Å². The number of rotatable bonds is 5. The van der Waals surface area contributed by atoms with Crippen molar-refractivity contribution in [2.24, 2.45) is 0 Å². The van der Waals surface area contributed by atoms with Crippen LogP contribution in [0.2, 0.25) is 0 Å². The highest BCUT2D eigenvalue weighted by Gasteiger charge is 2.17. The fraction of sp³-hybridized carbons (Fsp3) is 0.136. The third-order valence-corrected chi connectivity index (χ3v) is 7.54. The molecule has 7 heteroatoms. The zero-order valence-corrected chi connectivity index (χ0v) is 19.2. The lowest BCUT2D eigenvalue weighted by Crippen LogP contribution is -2.02. The van der Waals surface area contributed by atoms with Crippen molar-refractivity contribution in [3.63, 3.8) is 0 Å². The van der Waals surface area contributed by atoms with Gasteiger partial charge in [0.1, 0.15) is 0 Å². The third kappa shape index (κ3) is 3.95. The summed E-state index contributed by atoms with van der Waals surface area (Å²) in [7, 11) is -3.24. The van der Waals surface area contributed by atoms with Crippen molar-refractivity contribution in [3.8, 4) is 26.7 Å². The Balaban J connectivity index is 1.80. The van der Waals surface area contributed by atoms with Crippen molar-refractivity contribution < 1.29 is 8.42 Å². The largest absolute Gasteiger partial charge is 0.231 e. The number of hydrogen-bond acceptors (Lipinski definition) is 4. The van der Waals surface area contributed by atoms with Crippen LogP contribution in [0.4, 0.5) is 0 Å². The number of halogens is 1. The van der Waals surface area contributed by atoms with Crippen molar-refractivity contribution in [1.29, 1.82) is 0 Å². The van der Waals surface area contributed by atoms with E-state index in [1.807, 2.05) is 35.1 Å². The number of benzene rings is 2. The summed E-state index contributed by atoms with van der Waals surface area (Å²) in [4.78, 5) is 2.39. The van der Waals surface area contributed by atoms with E-state index in [2.05, 4.69) is 46.2 Å². The molecular weight excluding hydrogens is 468 g/mol. The minimum atomic E-state index is -3.24. The van der Waals surface area contributed by atoms with Gasteiger partial charge in [0.15, 0.2) is 9.84 Å². The zero-order valence-electron chi connectivity index (χ0n) is 16.0. The molecule has 4 rings (SSSR count). The lowest BCUT2D eigenvalue weighted by Gasteiger charge is -2.11. The van der Waals surface area contributed by atoms with Gasteiger partial charge in [-0.3, -0.25) is 0 Å². The van der Waals surface area contributed by atoms with Crippen LogP contribution in [0, 0.1) is 0 Å². The van der Waals surface area contributed by atoms with Crippen molar-refractivity contribution >= 4 is 37.1 Å². The van der Waals surface area contributed by atoms with Gasteiger partial charge in [-0.15, -0.1) is 11.3 Å². The van der Waals surface area contributed by atoms with Crippen LogP contribution in [-0.2, 0) is 16.3 Å².